The van der Waals surface area contributed by atoms with Gasteiger partial charge in [0.2, 0.25) is 0 Å². The third kappa shape index (κ3) is 4.64. The molecular weight excluding hydrogens is 387 g/mol. The summed E-state index contributed by atoms with van der Waals surface area (Å²) in [6.07, 6.45) is -4.79. The topological polar surface area (TPSA) is 38.3 Å². The van der Waals surface area contributed by atoms with Crippen LogP contribution >= 0.6 is 27.5 Å². The third-order valence-corrected chi connectivity index (χ3v) is 3.31. The Labute approximate surface area is 137 Å². The molecule has 0 heterocycles. The second-order valence-electron chi connectivity index (χ2n) is 4.15. The fourth-order valence-electron chi connectivity index (χ4n) is 1.64. The molecule has 2 aromatic rings. The zero-order valence-corrected chi connectivity index (χ0v) is 13.1. The number of hydrogen-bond acceptors (Lipinski definition) is 2. The van der Waals surface area contributed by atoms with Crippen LogP contribution in [-0.4, -0.2) is 12.3 Å². The van der Waals surface area contributed by atoms with Gasteiger partial charge in [-0.3, -0.25) is 4.79 Å². The first kappa shape index (κ1) is 16.6. The molecule has 0 saturated heterocycles. The molecule has 0 aliphatic heterocycles. The number of amides is 1. The van der Waals surface area contributed by atoms with Crippen LogP contribution in [0.2, 0.25) is 5.02 Å². The van der Waals surface area contributed by atoms with Crippen molar-refractivity contribution in [1.29, 1.82) is 0 Å². The van der Waals surface area contributed by atoms with Crippen molar-refractivity contribution in [3.8, 4) is 5.75 Å². The minimum Gasteiger partial charge on any atom is -0.406 e. The number of alkyl halides is 3. The molecular formula is C14H8BrClF3NO2. The summed E-state index contributed by atoms with van der Waals surface area (Å²) in [6, 6.07) is 9.64. The lowest BCUT2D eigenvalue weighted by Crippen LogP contribution is -2.17. The van der Waals surface area contributed by atoms with Gasteiger partial charge in [-0.25, -0.2) is 0 Å². The number of benzene rings is 2. The summed E-state index contributed by atoms with van der Waals surface area (Å²) in [5, 5.41) is 2.68. The van der Waals surface area contributed by atoms with Gasteiger partial charge in [-0.05, 0) is 30.3 Å². The first-order valence-electron chi connectivity index (χ1n) is 5.87. The van der Waals surface area contributed by atoms with Crippen LogP contribution in [0.4, 0.5) is 18.9 Å². The Morgan fingerprint density at radius 2 is 1.91 bits per heavy atom. The van der Waals surface area contributed by atoms with E-state index in [9.17, 15) is 18.0 Å². The molecule has 0 unspecified atom stereocenters. The van der Waals surface area contributed by atoms with Crippen LogP contribution in [0.25, 0.3) is 0 Å². The minimum atomic E-state index is -4.79. The van der Waals surface area contributed by atoms with Gasteiger partial charge in [0.15, 0.2) is 0 Å². The smallest absolute Gasteiger partial charge is 0.406 e. The Morgan fingerprint density at radius 3 is 2.55 bits per heavy atom. The molecule has 1 amide bonds. The molecule has 0 atom stereocenters. The van der Waals surface area contributed by atoms with E-state index in [1.54, 1.807) is 12.1 Å². The van der Waals surface area contributed by atoms with E-state index in [0.29, 0.717) is 4.47 Å². The van der Waals surface area contributed by atoms with Gasteiger partial charge < -0.3 is 10.1 Å². The maximum Gasteiger partial charge on any atom is 0.573 e. The molecule has 0 aromatic heterocycles. The van der Waals surface area contributed by atoms with E-state index in [2.05, 4.69) is 26.0 Å². The van der Waals surface area contributed by atoms with Crippen LogP contribution in [0.1, 0.15) is 10.4 Å². The van der Waals surface area contributed by atoms with Crippen molar-refractivity contribution < 1.29 is 22.7 Å². The predicted molar refractivity (Wildman–Crippen MR) is 80.2 cm³/mol. The molecule has 116 valence electrons. The summed E-state index contributed by atoms with van der Waals surface area (Å²) in [5.74, 6) is -0.964. The van der Waals surface area contributed by atoms with Gasteiger partial charge >= 0.3 is 6.36 Å². The second kappa shape index (κ2) is 6.58. The minimum absolute atomic E-state index is 0.158. The molecule has 2 aromatic carbocycles. The lowest BCUT2D eigenvalue weighted by molar-refractivity contribution is -0.274. The summed E-state index contributed by atoms with van der Waals surface area (Å²) in [7, 11) is 0. The second-order valence-corrected chi connectivity index (χ2v) is 5.48. The maximum atomic E-state index is 12.2. The van der Waals surface area contributed by atoms with Crippen molar-refractivity contribution in [3.05, 3.63) is 57.5 Å². The largest absolute Gasteiger partial charge is 0.573 e. The van der Waals surface area contributed by atoms with Gasteiger partial charge in [-0.2, -0.15) is 0 Å². The van der Waals surface area contributed by atoms with E-state index in [4.69, 9.17) is 11.6 Å². The fraction of sp³-hybridized carbons (Fsp3) is 0.0714. The SMILES string of the molecule is O=C(Nc1cccc(OC(F)(F)F)c1)c1ccc(Br)cc1Cl. The molecule has 8 heteroatoms. The zero-order chi connectivity index (χ0) is 16.3. The highest BCUT2D eigenvalue weighted by molar-refractivity contribution is 9.10. The number of ether oxygens (including phenoxy) is 1. The Hall–Kier alpha value is -1.73. The van der Waals surface area contributed by atoms with Crippen molar-refractivity contribution >= 4 is 39.1 Å². The van der Waals surface area contributed by atoms with Gasteiger partial charge in [0.1, 0.15) is 5.75 Å². The van der Waals surface area contributed by atoms with Crippen LogP contribution < -0.4 is 10.1 Å². The lowest BCUT2D eigenvalue weighted by atomic mass is 10.2. The van der Waals surface area contributed by atoms with Crippen molar-refractivity contribution in [2.45, 2.75) is 6.36 Å². The van der Waals surface area contributed by atoms with E-state index in [-0.39, 0.29) is 16.3 Å². The molecule has 0 fully saturated rings. The van der Waals surface area contributed by atoms with E-state index < -0.39 is 18.0 Å². The first-order chi connectivity index (χ1) is 10.2. The van der Waals surface area contributed by atoms with Gasteiger partial charge in [0.05, 0.1) is 10.6 Å². The number of halogens is 5. The average molecular weight is 395 g/mol. The summed E-state index contributed by atoms with van der Waals surface area (Å²) in [5.41, 5.74) is 0.359. The maximum absolute atomic E-state index is 12.2. The molecule has 1 N–H and O–H groups in total. The van der Waals surface area contributed by atoms with Crippen molar-refractivity contribution in [2.24, 2.45) is 0 Å². The number of carbonyl (C=O) groups is 1. The Balaban J connectivity index is 2.16. The predicted octanol–water partition coefficient (Wildman–Crippen LogP) is 5.25. The normalized spacial score (nSPS) is 11.1. The third-order valence-electron chi connectivity index (χ3n) is 2.50. The van der Waals surface area contributed by atoms with Gasteiger partial charge in [-0.15, -0.1) is 13.2 Å². The van der Waals surface area contributed by atoms with Crippen LogP contribution in [-0.2, 0) is 0 Å². The highest BCUT2D eigenvalue weighted by atomic mass is 79.9. The summed E-state index contributed by atoms with van der Waals surface area (Å²) < 4.78 is 41.0. The van der Waals surface area contributed by atoms with Crippen LogP contribution in [0.15, 0.2) is 46.9 Å². The molecule has 2 rings (SSSR count). The Bertz CT molecular complexity index is 707. The van der Waals surface area contributed by atoms with Crippen LogP contribution in [0, 0.1) is 0 Å². The standard InChI is InChI=1S/C14H8BrClF3NO2/c15-8-4-5-11(12(16)6-8)13(21)20-9-2-1-3-10(7-9)22-14(17,18)19/h1-7H,(H,20,21). The van der Waals surface area contributed by atoms with Crippen LogP contribution in [0.3, 0.4) is 0 Å². The molecule has 0 spiro atoms. The highest BCUT2D eigenvalue weighted by Crippen LogP contribution is 2.26. The van der Waals surface area contributed by atoms with Crippen LogP contribution in [0.5, 0.6) is 5.75 Å². The van der Waals surface area contributed by atoms with Crippen molar-refractivity contribution in [1.82, 2.24) is 0 Å². The number of nitrogens with one attached hydrogen (secondary N) is 1. The highest BCUT2D eigenvalue weighted by Gasteiger charge is 2.31. The van der Waals surface area contributed by atoms with E-state index in [0.717, 1.165) is 12.1 Å². The molecule has 0 radical (unpaired) electrons. The van der Waals surface area contributed by atoms with Crippen molar-refractivity contribution in [2.75, 3.05) is 5.32 Å². The first-order valence-corrected chi connectivity index (χ1v) is 7.04. The number of carbonyl (C=O) groups excluding carboxylic acids is 1. The number of rotatable bonds is 3. The zero-order valence-electron chi connectivity index (χ0n) is 10.7. The summed E-state index contributed by atoms with van der Waals surface area (Å²) in [4.78, 5) is 12.1. The molecule has 0 saturated carbocycles. The van der Waals surface area contributed by atoms with E-state index in [1.807, 2.05) is 0 Å². The van der Waals surface area contributed by atoms with E-state index >= 15 is 0 Å². The summed E-state index contributed by atoms with van der Waals surface area (Å²) >= 11 is 9.16. The Morgan fingerprint density at radius 1 is 1.18 bits per heavy atom. The molecule has 0 aliphatic rings. The molecule has 22 heavy (non-hydrogen) atoms. The number of hydrogen-bond donors (Lipinski definition) is 1. The van der Waals surface area contributed by atoms with Gasteiger partial charge in [0, 0.05) is 16.2 Å². The fourth-order valence-corrected chi connectivity index (χ4v) is 2.40. The monoisotopic (exact) mass is 393 g/mol. The summed E-state index contributed by atoms with van der Waals surface area (Å²) in [6.45, 7) is 0. The van der Waals surface area contributed by atoms with Gasteiger partial charge in [0.25, 0.3) is 5.91 Å². The molecule has 0 aliphatic carbocycles. The van der Waals surface area contributed by atoms with Crippen molar-refractivity contribution in [3.63, 3.8) is 0 Å². The Kier molecular flexibility index (Phi) is 4.97. The van der Waals surface area contributed by atoms with Gasteiger partial charge in [-0.1, -0.05) is 33.6 Å². The quantitative estimate of drug-likeness (QED) is 0.772. The molecule has 3 nitrogen and oxygen atoms in total. The number of anilines is 1. The molecule has 0 bridgehead atoms. The average Bonchev–Trinajstić information content (AvgIpc) is 2.36. The van der Waals surface area contributed by atoms with E-state index in [1.165, 1.54) is 18.2 Å². The lowest BCUT2D eigenvalue weighted by Gasteiger charge is -2.11.